The molecule has 0 aromatic heterocycles. The Morgan fingerprint density at radius 2 is 0.312 bits per heavy atom. The van der Waals surface area contributed by atoms with Gasteiger partial charge in [0.2, 0.25) is 0 Å². The second kappa shape index (κ2) is 120. The standard InChI is InChI=1S/3C5H5.6CO.HPS.3W/c3*1-2-4-5-3-1;7*1-2;;;/h3*1-5H;;;;;;;1H;;;. The fourth-order valence-electron chi connectivity index (χ4n) is 0.962. The Kier molecular flexibility index (Phi) is 240. The van der Waals surface area contributed by atoms with Crippen molar-refractivity contribution in [3.63, 3.8) is 0 Å². The Morgan fingerprint density at radius 1 is 0.281 bits per heavy atom. The van der Waals surface area contributed by atoms with Crippen LogP contribution >= 0.6 is 8.02 Å². The minimum atomic E-state index is 0. The van der Waals surface area contributed by atoms with Gasteiger partial charge in [-0.1, -0.05) is 11.8 Å². The van der Waals surface area contributed by atoms with E-state index < -0.39 is 0 Å². The molecule has 0 bridgehead atoms. The van der Waals surface area contributed by atoms with Crippen molar-refractivity contribution < 1.29 is 91.1 Å². The molecule has 6 nitrogen and oxygen atoms in total. The largest absolute Gasteiger partial charge is 0.0312 e. The van der Waals surface area contributed by atoms with Gasteiger partial charge >= 0.3 is 67.8 Å². The molecule has 11 heteroatoms. The van der Waals surface area contributed by atoms with Gasteiger partial charge in [-0.05, 0) is 104 Å². The molecule has 0 unspecified atom stereocenters. The summed E-state index contributed by atoms with van der Waals surface area (Å²) in [6.45, 7) is 27.0. The second-order valence-electron chi connectivity index (χ2n) is 2.89. The van der Waals surface area contributed by atoms with Crippen LogP contribution in [0.4, 0.5) is 0 Å². The first-order valence-corrected chi connectivity index (χ1v) is 8.06. The second-order valence-corrected chi connectivity index (χ2v) is 2.89. The molecular formula is C21H16O6PSW3. The monoisotopic (exact) mass is 979 g/mol. The van der Waals surface area contributed by atoms with Gasteiger partial charge in [-0.15, -0.1) is 0 Å². The van der Waals surface area contributed by atoms with Crippen LogP contribution in [0.3, 0.4) is 0 Å². The molecule has 15 radical (unpaired) electrons. The van der Waals surface area contributed by atoms with Gasteiger partial charge in [0.15, 0.2) is 0 Å². The molecule has 3 saturated carbocycles. The third-order valence-electron chi connectivity index (χ3n) is 1.67. The van der Waals surface area contributed by atoms with Gasteiger partial charge in [0.1, 0.15) is 0 Å². The molecule has 3 aliphatic rings. The topological polar surface area (TPSA) is 119 Å². The number of hydrogen-bond donors (Lipinski definition) is 0. The number of hydrogen-bond acceptors (Lipinski definition) is 1. The first-order chi connectivity index (χ1) is 14.5. The van der Waals surface area contributed by atoms with Crippen molar-refractivity contribution in [2.45, 2.75) is 0 Å². The molecule has 165 valence electrons. The zero-order valence-electron chi connectivity index (χ0n) is 16.2. The summed E-state index contributed by atoms with van der Waals surface area (Å²) in [5.74, 6) is 0. The van der Waals surface area contributed by atoms with E-state index in [4.69, 9.17) is 27.9 Å². The maximum atomic E-state index is 7.50. The molecule has 0 aromatic carbocycles. The van der Waals surface area contributed by atoms with E-state index in [1.165, 1.54) is 0 Å². The molecule has 0 N–H and O–H groups in total. The number of rotatable bonds is 0. The molecule has 3 rings (SSSR count). The van der Waals surface area contributed by atoms with Gasteiger partial charge in [-0.2, -0.15) is 0 Å². The smallest absolute Gasteiger partial charge is 0 e. The van der Waals surface area contributed by atoms with Crippen molar-refractivity contribution in [1.29, 1.82) is 0 Å². The minimum Gasteiger partial charge on any atom is -0.0312 e. The quantitative estimate of drug-likeness (QED) is 0.207. The molecule has 3 fully saturated rings. The normalized spacial score (nSPS) is 11.8. The van der Waals surface area contributed by atoms with E-state index in [2.05, 4.69) is 59.7 Å². The van der Waals surface area contributed by atoms with Gasteiger partial charge in [0.25, 0.3) is 0 Å². The first-order valence-electron chi connectivity index (χ1n) is 6.43. The molecule has 3 aliphatic carbocycles. The van der Waals surface area contributed by atoms with Crippen LogP contribution in [0.5, 0.6) is 0 Å². The Hall–Kier alpha value is 1.02. The summed E-state index contributed by atoms with van der Waals surface area (Å²) in [5, 5.41) is 0. The van der Waals surface area contributed by atoms with E-state index in [9.17, 15) is 0 Å². The van der Waals surface area contributed by atoms with Crippen LogP contribution in [0.2, 0.25) is 0 Å². The van der Waals surface area contributed by atoms with Crippen LogP contribution in [0, 0.1) is 136 Å². The zero-order valence-corrected chi connectivity index (χ0v) is 26.9. The van der Waals surface area contributed by atoms with Crippen LogP contribution in [-0.4, -0.2) is 0 Å². The maximum Gasteiger partial charge on any atom is 0 e. The van der Waals surface area contributed by atoms with Crippen molar-refractivity contribution >= 4 is 19.8 Å². The van der Waals surface area contributed by atoms with Gasteiger partial charge in [0.05, 0.1) is 0 Å². The van der Waals surface area contributed by atoms with Crippen LogP contribution in [0.25, 0.3) is 0 Å². The minimum absolute atomic E-state index is 0. The summed E-state index contributed by atoms with van der Waals surface area (Å²) >= 11 is 3.89. The van der Waals surface area contributed by atoms with Gasteiger partial charge < -0.3 is 0 Å². The summed E-state index contributed by atoms with van der Waals surface area (Å²) in [5.41, 5.74) is 0. The first kappa shape index (κ1) is 63.9. The summed E-state index contributed by atoms with van der Waals surface area (Å²) in [6, 6.07) is 0. The van der Waals surface area contributed by atoms with Crippen LogP contribution < -0.4 is 0 Å². The average Bonchev–Trinajstić information content (AvgIpc) is 3.70. The van der Waals surface area contributed by atoms with Crippen molar-refractivity contribution in [3.05, 3.63) is 136 Å². The molecule has 0 spiro atoms. The van der Waals surface area contributed by atoms with Gasteiger partial charge in [0, 0.05) is 63.2 Å². The van der Waals surface area contributed by atoms with Crippen molar-refractivity contribution in [2.24, 2.45) is 0 Å². The fraction of sp³-hybridized carbons (Fsp3) is 0. The van der Waals surface area contributed by atoms with Crippen molar-refractivity contribution in [1.82, 2.24) is 0 Å². The average molecular weight is 979 g/mol. The third-order valence-corrected chi connectivity index (χ3v) is 1.67. The Balaban J connectivity index is -0.0000000217. The Bertz CT molecular complexity index is 260. The predicted octanol–water partition coefficient (Wildman–Crippen LogP) is 3.42. The summed E-state index contributed by atoms with van der Waals surface area (Å²) in [7, 11) is 2.56. The van der Waals surface area contributed by atoms with E-state index in [0.29, 0.717) is 0 Å². The summed E-state index contributed by atoms with van der Waals surface area (Å²) < 4.78 is 45.0. The Labute approximate surface area is 245 Å². The molecule has 0 aliphatic heterocycles. The van der Waals surface area contributed by atoms with E-state index >= 15 is 0 Å². The van der Waals surface area contributed by atoms with Crippen LogP contribution in [-0.2, 0) is 103 Å². The fourth-order valence-corrected chi connectivity index (χ4v) is 0.962. The predicted molar refractivity (Wildman–Crippen MR) is 104 cm³/mol. The van der Waals surface area contributed by atoms with Crippen molar-refractivity contribution in [3.8, 4) is 0 Å². The van der Waals surface area contributed by atoms with E-state index in [-0.39, 0.29) is 63.2 Å². The third kappa shape index (κ3) is 109. The molecule has 0 saturated heterocycles. The summed E-state index contributed by atoms with van der Waals surface area (Å²) in [6.07, 6.45) is 30.0. The molecule has 0 amide bonds. The van der Waals surface area contributed by atoms with Crippen molar-refractivity contribution in [2.75, 3.05) is 0 Å². The van der Waals surface area contributed by atoms with Crippen LogP contribution in [0.1, 0.15) is 0 Å². The van der Waals surface area contributed by atoms with E-state index in [0.717, 1.165) is 0 Å². The van der Waals surface area contributed by atoms with E-state index in [1.807, 2.05) is 96.3 Å². The summed E-state index contributed by atoms with van der Waals surface area (Å²) in [4.78, 5) is 0. The molecule has 0 atom stereocenters. The Morgan fingerprint density at radius 3 is 0.344 bits per heavy atom. The molecular weight excluding hydrogens is 963 g/mol. The maximum absolute atomic E-state index is 7.50. The van der Waals surface area contributed by atoms with Gasteiger partial charge in [-0.3, -0.25) is 0 Å². The SMILES string of the molecule is P=S.[C-]#[O+].[C-]#[O+].[C-]#[O+].[C-]#[O+].[C-]#[O+].[C-]#[O+].[CH]1[CH][CH][CH][CH]1.[CH]1[CH][CH][CH][CH]1.[CH]1[CH][CH][CH][CH]1.[W].[W].[W]. The molecule has 32 heavy (non-hydrogen) atoms. The molecule has 0 heterocycles. The zero-order chi connectivity index (χ0) is 24.6. The van der Waals surface area contributed by atoms with Crippen LogP contribution in [0.15, 0.2) is 0 Å². The van der Waals surface area contributed by atoms with E-state index in [1.54, 1.807) is 0 Å². The molecule has 0 aromatic rings. The van der Waals surface area contributed by atoms with Gasteiger partial charge in [-0.25, -0.2) is 0 Å².